The van der Waals surface area contributed by atoms with Crippen LogP contribution in [-0.2, 0) is 6.42 Å². The number of fused-ring (bicyclic) bond motifs is 1. The largest absolute Gasteiger partial charge is 0.512 e. The molecule has 1 unspecified atom stereocenters. The van der Waals surface area contributed by atoms with Crippen LogP contribution in [0.3, 0.4) is 0 Å². The summed E-state index contributed by atoms with van der Waals surface area (Å²) in [5, 5.41) is 18.5. The van der Waals surface area contributed by atoms with Gasteiger partial charge in [-0.15, -0.1) is 0 Å². The fraction of sp³-hybridized carbons (Fsp3) is 0.273. The molecule has 0 radical (unpaired) electrons. The molecule has 0 spiro atoms. The van der Waals surface area contributed by atoms with Gasteiger partial charge in [0.1, 0.15) is 0 Å². The Balaban J connectivity index is 2.40. The third kappa shape index (κ3) is 1.45. The van der Waals surface area contributed by atoms with Crippen molar-refractivity contribution < 1.29 is 10.2 Å². The van der Waals surface area contributed by atoms with Crippen LogP contribution < -0.4 is 0 Å². The van der Waals surface area contributed by atoms with Crippen LogP contribution in [0.5, 0.6) is 0 Å². The minimum Gasteiger partial charge on any atom is -0.512 e. The highest BCUT2D eigenvalue weighted by atomic mass is 16.3. The number of benzene rings is 1. The molecule has 0 heterocycles. The fourth-order valence-electron chi connectivity index (χ4n) is 1.67. The topological polar surface area (TPSA) is 40.5 Å². The lowest BCUT2D eigenvalue weighted by Gasteiger charge is -2.20. The highest BCUT2D eigenvalue weighted by Gasteiger charge is 2.19. The summed E-state index contributed by atoms with van der Waals surface area (Å²) in [6.07, 6.45) is 2.47. The van der Waals surface area contributed by atoms with Crippen LogP contribution >= 0.6 is 0 Å². The van der Waals surface area contributed by atoms with Gasteiger partial charge in [0.25, 0.3) is 0 Å². The zero-order chi connectivity index (χ0) is 9.26. The molecule has 68 valence electrons. The Morgan fingerprint density at radius 1 is 1.31 bits per heavy atom. The molecule has 1 aromatic carbocycles. The van der Waals surface area contributed by atoms with E-state index in [1.807, 2.05) is 24.3 Å². The maximum absolute atomic E-state index is 9.52. The van der Waals surface area contributed by atoms with E-state index >= 15 is 0 Å². The molecule has 2 rings (SSSR count). The molecule has 2 heteroatoms. The van der Waals surface area contributed by atoms with Crippen LogP contribution in [-0.4, -0.2) is 16.8 Å². The van der Waals surface area contributed by atoms with Gasteiger partial charge in [0.2, 0.25) is 0 Å². The third-order valence-electron chi connectivity index (χ3n) is 2.46. The summed E-state index contributed by atoms with van der Waals surface area (Å²) in [5.74, 6) is 0.177. The second kappa shape index (κ2) is 3.23. The summed E-state index contributed by atoms with van der Waals surface area (Å²) in [5.41, 5.74) is 2.25. The lowest BCUT2D eigenvalue weighted by molar-refractivity contribution is 0.204. The van der Waals surface area contributed by atoms with E-state index in [2.05, 4.69) is 0 Å². The van der Waals surface area contributed by atoms with E-state index in [1.165, 1.54) is 5.56 Å². The van der Waals surface area contributed by atoms with E-state index in [0.717, 1.165) is 12.0 Å². The van der Waals surface area contributed by atoms with Crippen molar-refractivity contribution in [1.29, 1.82) is 0 Å². The first kappa shape index (κ1) is 8.32. The summed E-state index contributed by atoms with van der Waals surface area (Å²) in [4.78, 5) is 0. The van der Waals surface area contributed by atoms with Gasteiger partial charge in [0, 0.05) is 5.92 Å². The first-order valence-corrected chi connectivity index (χ1v) is 4.40. The molecule has 0 bridgehead atoms. The second-order valence-corrected chi connectivity index (χ2v) is 3.35. The number of hydrogen-bond donors (Lipinski definition) is 2. The average molecular weight is 176 g/mol. The zero-order valence-corrected chi connectivity index (χ0v) is 7.27. The van der Waals surface area contributed by atoms with Gasteiger partial charge in [-0.2, -0.15) is 0 Å². The van der Waals surface area contributed by atoms with Gasteiger partial charge >= 0.3 is 0 Å². The molecule has 13 heavy (non-hydrogen) atoms. The zero-order valence-electron chi connectivity index (χ0n) is 7.27. The first-order chi connectivity index (χ1) is 6.31. The van der Waals surface area contributed by atoms with Crippen molar-refractivity contribution in [3.8, 4) is 0 Å². The lowest BCUT2D eigenvalue weighted by Crippen LogP contribution is -2.16. The van der Waals surface area contributed by atoms with Crippen molar-refractivity contribution in [3.63, 3.8) is 0 Å². The van der Waals surface area contributed by atoms with Crippen LogP contribution in [0, 0.1) is 5.92 Å². The Hall–Kier alpha value is -1.28. The molecule has 0 saturated carbocycles. The van der Waals surface area contributed by atoms with Gasteiger partial charge in [-0.1, -0.05) is 24.3 Å². The molecule has 0 amide bonds. The number of hydrogen-bond acceptors (Lipinski definition) is 2. The maximum atomic E-state index is 9.52. The van der Waals surface area contributed by atoms with Gasteiger partial charge in [0.05, 0.1) is 12.4 Å². The van der Waals surface area contributed by atoms with Crippen molar-refractivity contribution in [2.45, 2.75) is 6.42 Å². The van der Waals surface area contributed by atoms with Crippen LogP contribution in [0.1, 0.15) is 11.1 Å². The van der Waals surface area contributed by atoms with Crippen molar-refractivity contribution in [3.05, 3.63) is 41.2 Å². The molecule has 0 saturated heterocycles. The molecular formula is C11H12O2. The summed E-state index contributed by atoms with van der Waals surface area (Å²) in [6, 6.07) is 7.92. The third-order valence-corrected chi connectivity index (χ3v) is 2.46. The highest BCUT2D eigenvalue weighted by Crippen LogP contribution is 2.26. The smallest absolute Gasteiger partial charge is 0.0985 e. The molecule has 1 aromatic rings. The van der Waals surface area contributed by atoms with Crippen molar-refractivity contribution >= 4 is 6.08 Å². The number of aliphatic hydroxyl groups excluding tert-OH is 2. The van der Waals surface area contributed by atoms with Crippen molar-refractivity contribution in [2.24, 2.45) is 5.92 Å². The predicted molar refractivity (Wildman–Crippen MR) is 51.3 cm³/mol. The van der Waals surface area contributed by atoms with E-state index in [4.69, 9.17) is 5.11 Å². The lowest BCUT2D eigenvalue weighted by atomic mass is 9.89. The van der Waals surface area contributed by atoms with E-state index < -0.39 is 0 Å². The van der Waals surface area contributed by atoms with Crippen molar-refractivity contribution in [2.75, 3.05) is 6.61 Å². The Labute approximate surface area is 77.1 Å². The van der Waals surface area contributed by atoms with E-state index in [0.29, 0.717) is 5.76 Å². The highest BCUT2D eigenvalue weighted by molar-refractivity contribution is 5.58. The molecule has 1 atom stereocenters. The molecule has 2 N–H and O–H groups in total. The quantitative estimate of drug-likeness (QED) is 0.684. The minimum absolute atomic E-state index is 0.0106. The minimum atomic E-state index is -0.116. The molecule has 2 nitrogen and oxygen atoms in total. The second-order valence-electron chi connectivity index (χ2n) is 3.35. The number of aliphatic hydroxyl groups is 2. The molecule has 0 aromatic heterocycles. The van der Waals surface area contributed by atoms with E-state index in [1.54, 1.807) is 6.08 Å². The Morgan fingerprint density at radius 2 is 2.08 bits per heavy atom. The van der Waals surface area contributed by atoms with Crippen molar-refractivity contribution in [1.82, 2.24) is 0 Å². The van der Waals surface area contributed by atoms with Gasteiger partial charge in [-0.3, -0.25) is 0 Å². The van der Waals surface area contributed by atoms with E-state index in [-0.39, 0.29) is 12.5 Å². The normalized spacial score (nSPS) is 20.7. The Morgan fingerprint density at radius 3 is 2.85 bits per heavy atom. The fourth-order valence-corrected chi connectivity index (χ4v) is 1.67. The van der Waals surface area contributed by atoms with Gasteiger partial charge in [-0.25, -0.2) is 0 Å². The maximum Gasteiger partial charge on any atom is 0.0985 e. The predicted octanol–water partition coefficient (Wildman–Crippen LogP) is 1.75. The molecule has 0 aliphatic heterocycles. The summed E-state index contributed by atoms with van der Waals surface area (Å²) >= 11 is 0. The van der Waals surface area contributed by atoms with Crippen LogP contribution in [0.25, 0.3) is 6.08 Å². The van der Waals surface area contributed by atoms with E-state index in [9.17, 15) is 5.11 Å². The Bertz CT molecular complexity index is 342. The van der Waals surface area contributed by atoms with Gasteiger partial charge in [-0.05, 0) is 23.6 Å². The molecule has 0 fully saturated rings. The summed E-state index contributed by atoms with van der Waals surface area (Å²) < 4.78 is 0. The molecule has 1 aliphatic rings. The SMILES string of the molecule is OCC1Cc2ccccc2C=C1O. The standard InChI is InChI=1S/C11H12O2/c12-7-10-5-8-3-1-2-4-9(8)6-11(10)13/h1-4,6,10,12-13H,5,7H2. The number of rotatable bonds is 1. The monoisotopic (exact) mass is 176 g/mol. The van der Waals surface area contributed by atoms with Gasteiger partial charge in [0.15, 0.2) is 0 Å². The summed E-state index contributed by atoms with van der Waals surface area (Å²) in [6.45, 7) is 0.0106. The molecular weight excluding hydrogens is 164 g/mol. The molecule has 1 aliphatic carbocycles. The average Bonchev–Trinajstić information content (AvgIpc) is 2.17. The van der Waals surface area contributed by atoms with Gasteiger partial charge < -0.3 is 10.2 Å². The van der Waals surface area contributed by atoms with Crippen LogP contribution in [0.2, 0.25) is 0 Å². The van der Waals surface area contributed by atoms with Crippen LogP contribution in [0.4, 0.5) is 0 Å². The first-order valence-electron chi connectivity index (χ1n) is 4.40. The van der Waals surface area contributed by atoms with Crippen LogP contribution in [0.15, 0.2) is 30.0 Å². The summed E-state index contributed by atoms with van der Waals surface area (Å²) in [7, 11) is 0. The Kier molecular flexibility index (Phi) is 2.07.